The lowest BCUT2D eigenvalue weighted by Gasteiger charge is -2.31. The number of fused-ring (bicyclic) bond motifs is 1. The Morgan fingerprint density at radius 2 is 1.95 bits per heavy atom. The Bertz CT molecular complexity index is 695. The fourth-order valence-corrected chi connectivity index (χ4v) is 4.39. The predicted molar refractivity (Wildman–Crippen MR) is 88.4 cm³/mol. The summed E-state index contributed by atoms with van der Waals surface area (Å²) in [6, 6.07) is 6.08. The van der Waals surface area contributed by atoms with Gasteiger partial charge in [-0.3, -0.25) is 0 Å². The fourth-order valence-electron chi connectivity index (χ4n) is 3.20. The second kappa shape index (κ2) is 5.82. The third-order valence-electron chi connectivity index (χ3n) is 4.31. The van der Waals surface area contributed by atoms with Crippen molar-refractivity contribution in [2.45, 2.75) is 19.4 Å². The summed E-state index contributed by atoms with van der Waals surface area (Å²) in [6.07, 6.45) is 0. The first kappa shape index (κ1) is 15.2. The van der Waals surface area contributed by atoms with Gasteiger partial charge in [-0.05, 0) is 37.2 Å². The van der Waals surface area contributed by atoms with E-state index in [1.807, 2.05) is 19.1 Å². The highest BCUT2D eigenvalue weighted by Gasteiger charge is 2.30. The summed E-state index contributed by atoms with van der Waals surface area (Å²) in [4.78, 5) is 3.54. The molecule has 1 aromatic heterocycles. The number of benzene rings is 1. The molecule has 0 saturated heterocycles. The molecule has 1 unspecified atom stereocenters. The molecule has 118 valence electrons. The second-order valence-electron chi connectivity index (χ2n) is 5.73. The third-order valence-corrected chi connectivity index (χ3v) is 5.41. The molecular formula is C17H21NO3S. The number of rotatable bonds is 3. The predicted octanol–water partition coefficient (Wildman–Crippen LogP) is 3.36. The SMILES string of the molecule is COc1ccc(C2CN(C)Cc3sc(O)c(C)c32)cc1OC. The Labute approximate surface area is 134 Å². The smallest absolute Gasteiger partial charge is 0.174 e. The van der Waals surface area contributed by atoms with Crippen molar-refractivity contribution in [1.82, 2.24) is 4.90 Å². The summed E-state index contributed by atoms with van der Waals surface area (Å²) in [7, 11) is 5.41. The monoisotopic (exact) mass is 319 g/mol. The number of methoxy groups -OCH3 is 2. The lowest BCUT2D eigenvalue weighted by atomic mass is 9.86. The van der Waals surface area contributed by atoms with E-state index in [1.54, 1.807) is 14.2 Å². The van der Waals surface area contributed by atoms with Crippen LogP contribution in [-0.4, -0.2) is 37.8 Å². The van der Waals surface area contributed by atoms with Crippen LogP contribution < -0.4 is 9.47 Å². The molecule has 0 bridgehead atoms. The molecule has 0 aliphatic carbocycles. The van der Waals surface area contributed by atoms with Gasteiger partial charge in [0.1, 0.15) is 0 Å². The van der Waals surface area contributed by atoms with E-state index >= 15 is 0 Å². The molecule has 5 heteroatoms. The maximum atomic E-state index is 10.1. The quantitative estimate of drug-likeness (QED) is 0.942. The highest BCUT2D eigenvalue weighted by atomic mass is 32.1. The number of hydrogen-bond donors (Lipinski definition) is 1. The fraction of sp³-hybridized carbons (Fsp3) is 0.412. The minimum atomic E-state index is 0.241. The van der Waals surface area contributed by atoms with Gasteiger partial charge in [0.25, 0.3) is 0 Å². The Morgan fingerprint density at radius 1 is 1.23 bits per heavy atom. The van der Waals surface area contributed by atoms with Crippen molar-refractivity contribution < 1.29 is 14.6 Å². The Hall–Kier alpha value is -1.72. The average molecular weight is 319 g/mol. The summed E-state index contributed by atoms with van der Waals surface area (Å²) in [5, 5.41) is 10.5. The van der Waals surface area contributed by atoms with Crippen LogP contribution in [0.1, 0.15) is 27.5 Å². The Balaban J connectivity index is 2.09. The third kappa shape index (κ3) is 2.44. The van der Waals surface area contributed by atoms with E-state index in [0.29, 0.717) is 5.06 Å². The van der Waals surface area contributed by atoms with E-state index < -0.39 is 0 Å². The van der Waals surface area contributed by atoms with E-state index in [9.17, 15) is 5.11 Å². The normalized spacial score (nSPS) is 18.1. The van der Waals surface area contributed by atoms with Crippen LogP contribution in [0.5, 0.6) is 16.6 Å². The molecule has 0 saturated carbocycles. The van der Waals surface area contributed by atoms with Gasteiger partial charge in [0.15, 0.2) is 16.6 Å². The maximum Gasteiger partial charge on any atom is 0.174 e. The molecule has 0 amide bonds. The molecule has 2 heterocycles. The number of likely N-dealkylation sites (N-methyl/N-ethyl adjacent to an activating group) is 1. The van der Waals surface area contributed by atoms with E-state index in [0.717, 1.165) is 30.2 Å². The molecule has 1 atom stereocenters. The summed E-state index contributed by atoms with van der Waals surface area (Å²) < 4.78 is 10.8. The number of nitrogens with zero attached hydrogens (tertiary/aromatic N) is 1. The number of hydrogen-bond acceptors (Lipinski definition) is 5. The van der Waals surface area contributed by atoms with Gasteiger partial charge >= 0.3 is 0 Å². The maximum absolute atomic E-state index is 10.1. The van der Waals surface area contributed by atoms with Crippen molar-refractivity contribution in [3.63, 3.8) is 0 Å². The van der Waals surface area contributed by atoms with Gasteiger partial charge in [-0.15, -0.1) is 11.3 Å². The molecule has 3 rings (SSSR count). The molecule has 0 fully saturated rings. The van der Waals surface area contributed by atoms with Crippen molar-refractivity contribution in [1.29, 1.82) is 0 Å². The van der Waals surface area contributed by atoms with E-state index in [4.69, 9.17) is 9.47 Å². The largest absolute Gasteiger partial charge is 0.499 e. The van der Waals surface area contributed by atoms with Crippen LogP contribution in [0, 0.1) is 6.92 Å². The van der Waals surface area contributed by atoms with Crippen LogP contribution in [0.3, 0.4) is 0 Å². The average Bonchev–Trinajstić information content (AvgIpc) is 2.80. The highest BCUT2D eigenvalue weighted by molar-refractivity contribution is 7.14. The van der Waals surface area contributed by atoms with E-state index in [-0.39, 0.29) is 5.92 Å². The minimum absolute atomic E-state index is 0.241. The standard InChI is InChI=1S/C17H21NO3S/c1-10-16-12(8-18(2)9-15(16)22-17(10)19)11-5-6-13(20-3)14(7-11)21-4/h5-7,12,19H,8-9H2,1-4H3. The lowest BCUT2D eigenvalue weighted by molar-refractivity contribution is 0.298. The summed E-state index contributed by atoms with van der Waals surface area (Å²) >= 11 is 1.49. The molecule has 1 N–H and O–H groups in total. The Morgan fingerprint density at radius 3 is 2.64 bits per heavy atom. The second-order valence-corrected chi connectivity index (χ2v) is 6.82. The molecule has 4 nitrogen and oxygen atoms in total. The van der Waals surface area contributed by atoms with Gasteiger partial charge in [-0.1, -0.05) is 6.07 Å². The molecule has 1 aromatic carbocycles. The van der Waals surface area contributed by atoms with Crippen LogP contribution in [-0.2, 0) is 6.54 Å². The number of thiophene rings is 1. The summed E-state index contributed by atoms with van der Waals surface area (Å²) in [5.41, 5.74) is 3.46. The first-order chi connectivity index (χ1) is 10.5. The van der Waals surface area contributed by atoms with Crippen molar-refractivity contribution >= 4 is 11.3 Å². The van der Waals surface area contributed by atoms with Crippen molar-refractivity contribution in [2.24, 2.45) is 0 Å². The Kier molecular flexibility index (Phi) is 4.02. The van der Waals surface area contributed by atoms with Crippen molar-refractivity contribution in [2.75, 3.05) is 27.8 Å². The zero-order valence-corrected chi connectivity index (χ0v) is 14.2. The first-order valence-corrected chi connectivity index (χ1v) is 8.08. The lowest BCUT2D eigenvalue weighted by Crippen LogP contribution is -2.30. The highest BCUT2D eigenvalue weighted by Crippen LogP contribution is 2.45. The van der Waals surface area contributed by atoms with Gasteiger partial charge in [0, 0.05) is 29.4 Å². The first-order valence-electron chi connectivity index (χ1n) is 7.26. The zero-order chi connectivity index (χ0) is 15.9. The molecule has 1 aliphatic heterocycles. The molecule has 22 heavy (non-hydrogen) atoms. The van der Waals surface area contributed by atoms with Gasteiger partial charge < -0.3 is 19.5 Å². The van der Waals surface area contributed by atoms with Crippen LogP contribution in [0.2, 0.25) is 0 Å². The molecule has 2 aromatic rings. The van der Waals surface area contributed by atoms with Crippen molar-refractivity contribution in [3.8, 4) is 16.6 Å². The molecule has 1 aliphatic rings. The van der Waals surface area contributed by atoms with Gasteiger partial charge in [-0.2, -0.15) is 0 Å². The van der Waals surface area contributed by atoms with Crippen LogP contribution in [0.25, 0.3) is 0 Å². The van der Waals surface area contributed by atoms with Crippen molar-refractivity contribution in [3.05, 3.63) is 39.8 Å². The van der Waals surface area contributed by atoms with Crippen LogP contribution in [0.15, 0.2) is 18.2 Å². The van der Waals surface area contributed by atoms with Crippen LogP contribution >= 0.6 is 11.3 Å². The summed E-state index contributed by atoms with van der Waals surface area (Å²) in [5.74, 6) is 1.72. The van der Waals surface area contributed by atoms with E-state index in [1.165, 1.54) is 27.3 Å². The zero-order valence-electron chi connectivity index (χ0n) is 13.3. The molecule has 0 spiro atoms. The molecule has 0 radical (unpaired) electrons. The van der Waals surface area contributed by atoms with Gasteiger partial charge in [-0.25, -0.2) is 0 Å². The summed E-state index contributed by atoms with van der Waals surface area (Å²) in [6.45, 7) is 3.83. The van der Waals surface area contributed by atoms with Gasteiger partial charge in [0.05, 0.1) is 14.2 Å². The van der Waals surface area contributed by atoms with E-state index in [2.05, 4.69) is 18.0 Å². The number of aromatic hydroxyl groups is 1. The van der Waals surface area contributed by atoms with Crippen LogP contribution in [0.4, 0.5) is 0 Å². The van der Waals surface area contributed by atoms with Gasteiger partial charge in [0.2, 0.25) is 0 Å². The minimum Gasteiger partial charge on any atom is -0.499 e. The number of ether oxygens (including phenoxy) is 2. The molecular weight excluding hydrogens is 298 g/mol. The topological polar surface area (TPSA) is 41.9 Å².